The smallest absolute Gasteiger partial charge is 0.314 e. The fourth-order valence-electron chi connectivity index (χ4n) is 2.72. The third-order valence-corrected chi connectivity index (χ3v) is 5.01. The second-order valence-electron chi connectivity index (χ2n) is 5.77. The molecule has 1 aliphatic rings. The van der Waals surface area contributed by atoms with Gasteiger partial charge in [-0.2, -0.15) is 0 Å². The van der Waals surface area contributed by atoms with E-state index in [0.717, 1.165) is 16.3 Å². The van der Waals surface area contributed by atoms with Gasteiger partial charge in [0.1, 0.15) is 5.03 Å². The Morgan fingerprint density at radius 1 is 0.960 bits per heavy atom. The van der Waals surface area contributed by atoms with E-state index in [9.17, 15) is 9.59 Å². The van der Waals surface area contributed by atoms with Gasteiger partial charge >= 0.3 is 6.03 Å². The molecule has 0 spiro atoms. The van der Waals surface area contributed by atoms with Crippen molar-refractivity contribution in [3.8, 4) is 0 Å². The zero-order chi connectivity index (χ0) is 17.6. The predicted molar refractivity (Wildman–Crippen MR) is 96.5 cm³/mol. The fourth-order valence-corrected chi connectivity index (χ4v) is 3.49. The predicted octanol–water partition coefficient (Wildman–Crippen LogP) is 2.46. The third-order valence-electron chi connectivity index (χ3n) is 4.06. The van der Waals surface area contributed by atoms with E-state index in [0.29, 0.717) is 31.7 Å². The first-order valence-corrected chi connectivity index (χ1v) is 8.98. The number of primary amides is 1. The van der Waals surface area contributed by atoms with Crippen molar-refractivity contribution in [1.82, 2.24) is 14.8 Å². The van der Waals surface area contributed by atoms with Crippen LogP contribution in [0.2, 0.25) is 0 Å². The van der Waals surface area contributed by atoms with Crippen LogP contribution in [-0.4, -0.2) is 52.9 Å². The molecule has 7 heteroatoms. The maximum atomic E-state index is 12.7. The summed E-state index contributed by atoms with van der Waals surface area (Å²) in [5.41, 5.74) is 5.98. The van der Waals surface area contributed by atoms with Crippen LogP contribution in [0.4, 0.5) is 4.79 Å². The largest absolute Gasteiger partial charge is 0.351 e. The number of carbonyl (C=O) groups is 2. The number of hydrogen-bond acceptors (Lipinski definition) is 4. The van der Waals surface area contributed by atoms with Crippen LogP contribution in [0.3, 0.4) is 0 Å². The van der Waals surface area contributed by atoms with Crippen LogP contribution in [-0.2, 0) is 0 Å². The van der Waals surface area contributed by atoms with Gasteiger partial charge in [0.05, 0.1) is 0 Å². The number of pyridine rings is 1. The molecule has 6 nitrogen and oxygen atoms in total. The number of rotatable bonds is 3. The second kappa shape index (κ2) is 8.02. The Bertz CT molecular complexity index is 737. The fraction of sp³-hybridized carbons (Fsp3) is 0.278. The molecule has 2 heterocycles. The van der Waals surface area contributed by atoms with Gasteiger partial charge in [-0.3, -0.25) is 4.79 Å². The van der Waals surface area contributed by atoms with E-state index in [1.165, 1.54) is 0 Å². The number of nitrogens with zero attached hydrogens (tertiary/aromatic N) is 3. The first-order chi connectivity index (χ1) is 12.1. The molecule has 130 valence electrons. The van der Waals surface area contributed by atoms with Crippen molar-refractivity contribution in [1.29, 1.82) is 0 Å². The minimum Gasteiger partial charge on any atom is -0.351 e. The number of carbonyl (C=O) groups excluding carboxylic acids is 2. The maximum absolute atomic E-state index is 12.7. The van der Waals surface area contributed by atoms with Gasteiger partial charge in [-0.05, 0) is 42.8 Å². The van der Waals surface area contributed by atoms with Gasteiger partial charge in [0, 0.05) is 42.8 Å². The lowest BCUT2D eigenvalue weighted by atomic mass is 10.2. The molecule has 0 bridgehead atoms. The van der Waals surface area contributed by atoms with Crippen LogP contribution >= 0.6 is 11.8 Å². The minimum atomic E-state index is -0.426. The number of urea groups is 1. The summed E-state index contributed by atoms with van der Waals surface area (Å²) in [5, 5.41) is 0.917. The number of amides is 3. The second-order valence-corrected chi connectivity index (χ2v) is 6.86. The van der Waals surface area contributed by atoms with Gasteiger partial charge in [0.15, 0.2) is 0 Å². The Morgan fingerprint density at radius 2 is 1.68 bits per heavy atom. The summed E-state index contributed by atoms with van der Waals surface area (Å²) in [6.07, 6.45) is 2.50. The number of benzene rings is 1. The van der Waals surface area contributed by atoms with Crippen LogP contribution in [0.1, 0.15) is 16.8 Å². The SMILES string of the molecule is NC(=O)N1CCCN(C(=O)c2ccc(Sc3ccccn3)cc2)CC1. The van der Waals surface area contributed by atoms with Gasteiger partial charge in [-0.15, -0.1) is 0 Å². The average molecular weight is 356 g/mol. The number of hydrogen-bond donors (Lipinski definition) is 1. The molecule has 0 atom stereocenters. The summed E-state index contributed by atoms with van der Waals surface area (Å²) in [4.78, 5) is 32.6. The van der Waals surface area contributed by atoms with E-state index < -0.39 is 6.03 Å². The molecule has 0 aliphatic carbocycles. The molecule has 3 rings (SSSR count). The number of aromatic nitrogens is 1. The molecule has 3 amide bonds. The van der Waals surface area contributed by atoms with E-state index in [-0.39, 0.29) is 5.91 Å². The van der Waals surface area contributed by atoms with Crippen LogP contribution in [0, 0.1) is 0 Å². The van der Waals surface area contributed by atoms with E-state index in [1.807, 2.05) is 42.5 Å². The lowest BCUT2D eigenvalue weighted by Gasteiger charge is -2.21. The molecule has 1 saturated heterocycles. The van der Waals surface area contributed by atoms with Crippen molar-refractivity contribution in [2.45, 2.75) is 16.3 Å². The molecule has 0 radical (unpaired) electrons. The zero-order valence-electron chi connectivity index (χ0n) is 13.8. The van der Waals surface area contributed by atoms with Gasteiger partial charge in [0.2, 0.25) is 0 Å². The molecular formula is C18H20N4O2S. The van der Waals surface area contributed by atoms with Crippen LogP contribution < -0.4 is 5.73 Å². The molecular weight excluding hydrogens is 336 g/mol. The lowest BCUT2D eigenvalue weighted by molar-refractivity contribution is 0.0762. The van der Waals surface area contributed by atoms with Crippen molar-refractivity contribution in [3.05, 3.63) is 54.2 Å². The highest BCUT2D eigenvalue weighted by Crippen LogP contribution is 2.26. The molecule has 2 N–H and O–H groups in total. The Hall–Kier alpha value is -2.54. The third kappa shape index (κ3) is 4.51. The van der Waals surface area contributed by atoms with Crippen LogP contribution in [0.5, 0.6) is 0 Å². The molecule has 2 aromatic rings. The molecule has 1 aromatic carbocycles. The van der Waals surface area contributed by atoms with E-state index >= 15 is 0 Å². The summed E-state index contributed by atoms with van der Waals surface area (Å²) >= 11 is 1.56. The monoisotopic (exact) mass is 356 g/mol. The van der Waals surface area contributed by atoms with Gasteiger partial charge in [-0.25, -0.2) is 9.78 Å². The molecule has 0 saturated carbocycles. The normalized spacial score (nSPS) is 14.9. The Kier molecular flexibility index (Phi) is 5.55. The molecule has 25 heavy (non-hydrogen) atoms. The van der Waals surface area contributed by atoms with Crippen LogP contribution in [0.15, 0.2) is 58.6 Å². The summed E-state index contributed by atoms with van der Waals surface area (Å²) < 4.78 is 0. The average Bonchev–Trinajstić information content (AvgIpc) is 2.89. The first-order valence-electron chi connectivity index (χ1n) is 8.16. The quantitative estimate of drug-likeness (QED) is 0.916. The molecule has 1 fully saturated rings. The Morgan fingerprint density at radius 3 is 2.36 bits per heavy atom. The molecule has 1 aliphatic heterocycles. The minimum absolute atomic E-state index is 0.0132. The van der Waals surface area contributed by atoms with Crippen molar-refractivity contribution in [2.24, 2.45) is 5.73 Å². The number of nitrogens with two attached hydrogens (primary N) is 1. The summed E-state index contributed by atoms with van der Waals surface area (Å²) in [6.45, 7) is 2.21. The van der Waals surface area contributed by atoms with E-state index in [1.54, 1.807) is 27.8 Å². The van der Waals surface area contributed by atoms with Crippen molar-refractivity contribution >= 4 is 23.7 Å². The summed E-state index contributed by atoms with van der Waals surface area (Å²) in [6, 6.07) is 12.9. The van der Waals surface area contributed by atoms with Gasteiger partial charge in [0.25, 0.3) is 5.91 Å². The lowest BCUT2D eigenvalue weighted by Crippen LogP contribution is -2.39. The Labute approximate surface area is 151 Å². The van der Waals surface area contributed by atoms with E-state index in [4.69, 9.17) is 5.73 Å². The topological polar surface area (TPSA) is 79.5 Å². The van der Waals surface area contributed by atoms with Gasteiger partial charge in [-0.1, -0.05) is 17.8 Å². The zero-order valence-corrected chi connectivity index (χ0v) is 14.6. The van der Waals surface area contributed by atoms with E-state index in [2.05, 4.69) is 4.98 Å². The summed E-state index contributed by atoms with van der Waals surface area (Å²) in [7, 11) is 0. The summed E-state index contributed by atoms with van der Waals surface area (Å²) in [5.74, 6) is -0.0132. The van der Waals surface area contributed by atoms with Crippen molar-refractivity contribution in [3.63, 3.8) is 0 Å². The highest BCUT2D eigenvalue weighted by molar-refractivity contribution is 7.99. The maximum Gasteiger partial charge on any atom is 0.314 e. The first kappa shape index (κ1) is 17.3. The van der Waals surface area contributed by atoms with Crippen molar-refractivity contribution < 1.29 is 9.59 Å². The van der Waals surface area contributed by atoms with Crippen LogP contribution in [0.25, 0.3) is 0 Å². The highest BCUT2D eigenvalue weighted by atomic mass is 32.2. The molecule has 1 aromatic heterocycles. The Balaban J connectivity index is 1.63. The van der Waals surface area contributed by atoms with Crippen molar-refractivity contribution in [2.75, 3.05) is 26.2 Å². The standard InChI is InChI=1S/C18H20N4O2S/c19-18(24)22-11-3-10-21(12-13-22)17(23)14-5-7-15(8-6-14)25-16-4-1-2-9-20-16/h1-2,4-9H,3,10-13H2,(H2,19,24). The van der Waals surface area contributed by atoms with Gasteiger partial charge < -0.3 is 15.5 Å². The highest BCUT2D eigenvalue weighted by Gasteiger charge is 2.21. The molecule has 0 unspecified atom stereocenters.